The second kappa shape index (κ2) is 6.05. The summed E-state index contributed by atoms with van der Waals surface area (Å²) in [4.78, 5) is 0. The van der Waals surface area contributed by atoms with Gasteiger partial charge in [0.1, 0.15) is 12.4 Å². The smallest absolute Gasteiger partial charge is 0.128 e. The Morgan fingerprint density at radius 1 is 1.09 bits per heavy atom. The van der Waals surface area contributed by atoms with Crippen LogP contribution >= 0.6 is 11.6 Å². The van der Waals surface area contributed by atoms with Gasteiger partial charge in [-0.05, 0) is 50.6 Å². The third-order valence-corrected chi connectivity index (χ3v) is 4.22. The molecule has 2 nitrogen and oxygen atoms in total. The SMILES string of the molecule is Cc1ccccc1OCc1cc2c(Cl)cccc2n1C(C)C. The molecule has 0 spiro atoms. The number of halogens is 1. The lowest BCUT2D eigenvalue weighted by atomic mass is 10.2. The highest BCUT2D eigenvalue weighted by Crippen LogP contribution is 2.30. The molecule has 3 heteroatoms. The molecule has 0 amide bonds. The van der Waals surface area contributed by atoms with E-state index in [4.69, 9.17) is 16.3 Å². The zero-order valence-electron chi connectivity index (χ0n) is 13.1. The number of aryl methyl sites for hydroxylation is 1. The zero-order valence-corrected chi connectivity index (χ0v) is 13.9. The molecule has 0 atom stereocenters. The van der Waals surface area contributed by atoms with Crippen molar-refractivity contribution in [1.82, 2.24) is 4.57 Å². The quantitative estimate of drug-likeness (QED) is 0.597. The summed E-state index contributed by atoms with van der Waals surface area (Å²) in [6, 6.07) is 16.6. The van der Waals surface area contributed by atoms with Crippen LogP contribution < -0.4 is 4.74 Å². The molecule has 22 heavy (non-hydrogen) atoms. The van der Waals surface area contributed by atoms with E-state index in [2.05, 4.69) is 43.5 Å². The topological polar surface area (TPSA) is 14.2 Å². The number of hydrogen-bond donors (Lipinski definition) is 0. The Hall–Kier alpha value is -1.93. The molecule has 0 saturated heterocycles. The normalized spacial score (nSPS) is 11.3. The van der Waals surface area contributed by atoms with Gasteiger partial charge in [-0.3, -0.25) is 0 Å². The average molecular weight is 314 g/mol. The number of aromatic nitrogens is 1. The summed E-state index contributed by atoms with van der Waals surface area (Å²) in [5.41, 5.74) is 3.44. The van der Waals surface area contributed by atoms with Crippen LogP contribution in [-0.4, -0.2) is 4.57 Å². The van der Waals surface area contributed by atoms with E-state index in [1.165, 1.54) is 0 Å². The van der Waals surface area contributed by atoms with E-state index >= 15 is 0 Å². The van der Waals surface area contributed by atoms with Gasteiger partial charge >= 0.3 is 0 Å². The molecule has 0 aliphatic heterocycles. The monoisotopic (exact) mass is 313 g/mol. The minimum absolute atomic E-state index is 0.353. The summed E-state index contributed by atoms with van der Waals surface area (Å²) < 4.78 is 8.31. The van der Waals surface area contributed by atoms with Crippen LogP contribution in [0, 0.1) is 6.92 Å². The van der Waals surface area contributed by atoms with E-state index in [9.17, 15) is 0 Å². The molecular weight excluding hydrogens is 294 g/mol. The van der Waals surface area contributed by atoms with Gasteiger partial charge in [0.2, 0.25) is 0 Å². The van der Waals surface area contributed by atoms with Crippen molar-refractivity contribution in [3.63, 3.8) is 0 Å². The van der Waals surface area contributed by atoms with Gasteiger partial charge in [0.25, 0.3) is 0 Å². The Morgan fingerprint density at radius 2 is 1.86 bits per heavy atom. The summed E-state index contributed by atoms with van der Waals surface area (Å²) in [5, 5.41) is 1.87. The predicted molar refractivity (Wildman–Crippen MR) is 92.8 cm³/mol. The van der Waals surface area contributed by atoms with Crippen LogP contribution in [0.3, 0.4) is 0 Å². The number of para-hydroxylation sites is 1. The lowest BCUT2D eigenvalue weighted by Gasteiger charge is -2.16. The Labute approximate surface area is 136 Å². The molecule has 0 N–H and O–H groups in total. The third-order valence-electron chi connectivity index (χ3n) is 3.90. The third kappa shape index (κ3) is 2.71. The molecule has 2 aromatic carbocycles. The number of nitrogens with zero attached hydrogens (tertiary/aromatic N) is 1. The second-order valence-electron chi connectivity index (χ2n) is 5.83. The first-order valence-electron chi connectivity index (χ1n) is 7.54. The van der Waals surface area contributed by atoms with Crippen molar-refractivity contribution < 1.29 is 4.74 Å². The molecule has 0 radical (unpaired) electrons. The fourth-order valence-corrected chi connectivity index (χ4v) is 3.08. The largest absolute Gasteiger partial charge is 0.487 e. The minimum atomic E-state index is 0.353. The predicted octanol–water partition coefficient (Wildman–Crippen LogP) is 5.76. The van der Waals surface area contributed by atoms with Crippen molar-refractivity contribution in [3.05, 3.63) is 64.8 Å². The molecule has 1 aromatic heterocycles. The molecule has 0 bridgehead atoms. The fourth-order valence-electron chi connectivity index (χ4n) is 2.86. The van der Waals surface area contributed by atoms with Crippen LogP contribution in [-0.2, 0) is 6.61 Å². The van der Waals surface area contributed by atoms with Crippen molar-refractivity contribution >= 4 is 22.5 Å². The molecule has 114 valence electrons. The molecule has 3 aromatic rings. The van der Waals surface area contributed by atoms with Crippen LogP contribution in [0.5, 0.6) is 5.75 Å². The number of benzene rings is 2. The summed E-state index contributed by atoms with van der Waals surface area (Å²) in [5.74, 6) is 0.925. The lowest BCUT2D eigenvalue weighted by Crippen LogP contribution is -2.08. The lowest BCUT2D eigenvalue weighted by molar-refractivity contribution is 0.291. The van der Waals surface area contributed by atoms with Crippen molar-refractivity contribution in [2.24, 2.45) is 0 Å². The molecular formula is C19H20ClNO. The van der Waals surface area contributed by atoms with E-state index in [0.29, 0.717) is 12.6 Å². The molecule has 0 unspecified atom stereocenters. The molecule has 1 heterocycles. The first-order chi connectivity index (χ1) is 10.6. The zero-order chi connectivity index (χ0) is 15.7. The van der Waals surface area contributed by atoms with E-state index in [0.717, 1.165) is 32.9 Å². The first-order valence-corrected chi connectivity index (χ1v) is 7.92. The van der Waals surface area contributed by atoms with Crippen molar-refractivity contribution in [1.29, 1.82) is 0 Å². The van der Waals surface area contributed by atoms with Gasteiger partial charge in [-0.2, -0.15) is 0 Å². The number of ether oxygens (including phenoxy) is 1. The minimum Gasteiger partial charge on any atom is -0.487 e. The van der Waals surface area contributed by atoms with Crippen LogP contribution in [0.15, 0.2) is 48.5 Å². The molecule has 0 aliphatic carbocycles. The summed E-state index contributed by atoms with van der Waals surface area (Å²) in [6.45, 7) is 6.95. The Balaban J connectivity index is 1.98. The van der Waals surface area contributed by atoms with Crippen molar-refractivity contribution in [2.75, 3.05) is 0 Å². The standard InChI is InChI=1S/C19H20ClNO/c1-13(2)21-15(11-16-17(20)8-6-9-18(16)21)12-22-19-10-5-4-7-14(19)3/h4-11,13H,12H2,1-3H3. The Bertz CT molecular complexity index is 804. The van der Waals surface area contributed by atoms with Gasteiger partial charge in [0.15, 0.2) is 0 Å². The average Bonchev–Trinajstić information content (AvgIpc) is 2.86. The molecule has 0 fully saturated rings. The fraction of sp³-hybridized carbons (Fsp3) is 0.263. The highest BCUT2D eigenvalue weighted by molar-refractivity contribution is 6.35. The number of hydrogen-bond acceptors (Lipinski definition) is 1. The maximum absolute atomic E-state index is 6.34. The van der Waals surface area contributed by atoms with Gasteiger partial charge in [0, 0.05) is 16.5 Å². The van der Waals surface area contributed by atoms with Gasteiger partial charge in [-0.25, -0.2) is 0 Å². The van der Waals surface area contributed by atoms with Crippen molar-refractivity contribution in [2.45, 2.75) is 33.4 Å². The van der Waals surface area contributed by atoms with Gasteiger partial charge in [-0.1, -0.05) is 35.9 Å². The summed E-state index contributed by atoms with van der Waals surface area (Å²) in [7, 11) is 0. The maximum Gasteiger partial charge on any atom is 0.128 e. The number of fused-ring (bicyclic) bond motifs is 1. The summed E-state index contributed by atoms with van der Waals surface area (Å²) >= 11 is 6.34. The Kier molecular flexibility index (Phi) is 4.12. The number of rotatable bonds is 4. The van der Waals surface area contributed by atoms with E-state index in [1.54, 1.807) is 0 Å². The molecule has 0 saturated carbocycles. The maximum atomic E-state index is 6.34. The highest BCUT2D eigenvalue weighted by Gasteiger charge is 2.14. The van der Waals surface area contributed by atoms with E-state index in [-0.39, 0.29) is 0 Å². The highest BCUT2D eigenvalue weighted by atomic mass is 35.5. The molecule has 3 rings (SSSR count). The van der Waals surface area contributed by atoms with Crippen LogP contribution in [0.4, 0.5) is 0 Å². The summed E-state index contributed by atoms with van der Waals surface area (Å²) in [6.07, 6.45) is 0. The van der Waals surface area contributed by atoms with Gasteiger partial charge in [-0.15, -0.1) is 0 Å². The van der Waals surface area contributed by atoms with Crippen molar-refractivity contribution in [3.8, 4) is 5.75 Å². The van der Waals surface area contributed by atoms with E-state index in [1.807, 2.05) is 30.3 Å². The first kappa shape index (κ1) is 15.0. The van der Waals surface area contributed by atoms with Gasteiger partial charge in [0.05, 0.1) is 11.2 Å². The van der Waals surface area contributed by atoms with Crippen LogP contribution in [0.1, 0.15) is 31.1 Å². The van der Waals surface area contributed by atoms with Crippen LogP contribution in [0.2, 0.25) is 5.02 Å². The molecule has 0 aliphatic rings. The van der Waals surface area contributed by atoms with E-state index < -0.39 is 0 Å². The Morgan fingerprint density at radius 3 is 2.59 bits per heavy atom. The van der Waals surface area contributed by atoms with Gasteiger partial charge < -0.3 is 9.30 Å². The second-order valence-corrected chi connectivity index (χ2v) is 6.23. The van der Waals surface area contributed by atoms with Crippen LogP contribution in [0.25, 0.3) is 10.9 Å².